The molecule has 1 fully saturated rings. The van der Waals surface area contributed by atoms with Crippen LogP contribution in [0, 0.1) is 5.92 Å². The first-order chi connectivity index (χ1) is 14.8. The van der Waals surface area contributed by atoms with Crippen LogP contribution in [0.4, 0.5) is 5.95 Å². The Morgan fingerprint density at radius 2 is 1.90 bits per heavy atom. The number of hydrogen-bond donors (Lipinski definition) is 1. The number of hydrogen-bond acceptors (Lipinski definition) is 6. The Hall–Kier alpha value is -1.48. The third-order valence-electron chi connectivity index (χ3n) is 4.98. The smallest absolute Gasteiger partial charge is 0.233 e. The molecule has 10 heteroatoms. The van der Waals surface area contributed by atoms with E-state index in [2.05, 4.69) is 38.8 Å². The van der Waals surface area contributed by atoms with Crippen LogP contribution in [0.2, 0.25) is 10.0 Å². The van der Waals surface area contributed by atoms with Crippen molar-refractivity contribution in [3.05, 3.63) is 33.8 Å². The quantitative estimate of drug-likeness (QED) is 0.557. The lowest BCUT2D eigenvalue weighted by atomic mass is 10.1. The Bertz CT molecular complexity index is 902. The van der Waals surface area contributed by atoms with E-state index in [4.69, 9.17) is 27.9 Å². The number of carbonyl (C=O) groups excluding carboxylic acids is 1. The summed E-state index contributed by atoms with van der Waals surface area (Å²) in [5, 5.41) is 13.4. The molecule has 1 amide bonds. The number of aromatic nitrogens is 3. The first-order valence-electron chi connectivity index (χ1n) is 10.4. The zero-order valence-electron chi connectivity index (χ0n) is 18.3. The molecule has 1 aromatic carbocycles. The Kier molecular flexibility index (Phi) is 8.50. The molecule has 2 unspecified atom stereocenters. The molecular formula is C21H29Cl2N5O2S. The van der Waals surface area contributed by atoms with Gasteiger partial charge in [-0.2, -0.15) is 0 Å². The normalized spacial score (nSPS) is 16.4. The summed E-state index contributed by atoms with van der Waals surface area (Å²) < 4.78 is 7.57. The van der Waals surface area contributed by atoms with Crippen LogP contribution >= 0.6 is 35.0 Å². The summed E-state index contributed by atoms with van der Waals surface area (Å²) in [6.45, 7) is 11.8. The van der Waals surface area contributed by atoms with Gasteiger partial charge < -0.3 is 15.0 Å². The van der Waals surface area contributed by atoms with Gasteiger partial charge in [-0.15, -0.1) is 10.2 Å². The van der Waals surface area contributed by atoms with Crippen molar-refractivity contribution < 1.29 is 9.53 Å². The number of nitrogens with one attached hydrogen (secondary N) is 1. The van der Waals surface area contributed by atoms with E-state index in [0.717, 1.165) is 36.3 Å². The lowest BCUT2D eigenvalue weighted by Gasteiger charge is -2.28. The highest BCUT2D eigenvalue weighted by Crippen LogP contribution is 2.29. The average molecular weight is 486 g/mol. The summed E-state index contributed by atoms with van der Waals surface area (Å²) in [4.78, 5) is 15.1. The zero-order valence-corrected chi connectivity index (χ0v) is 20.6. The first kappa shape index (κ1) is 24.2. The zero-order chi connectivity index (χ0) is 22.5. The molecule has 0 aliphatic carbocycles. The molecule has 170 valence electrons. The van der Waals surface area contributed by atoms with Gasteiger partial charge in [0.15, 0.2) is 5.16 Å². The maximum atomic E-state index is 12.9. The monoisotopic (exact) mass is 485 g/mol. The summed E-state index contributed by atoms with van der Waals surface area (Å²) in [7, 11) is 0. The molecule has 0 spiro atoms. The van der Waals surface area contributed by atoms with Gasteiger partial charge in [0.25, 0.3) is 0 Å². The molecule has 1 N–H and O–H groups in total. The predicted octanol–water partition coefficient (Wildman–Crippen LogP) is 4.44. The minimum absolute atomic E-state index is 0.0875. The molecule has 0 saturated carbocycles. The van der Waals surface area contributed by atoms with E-state index in [-0.39, 0.29) is 17.2 Å². The van der Waals surface area contributed by atoms with E-state index in [0.29, 0.717) is 29.2 Å². The number of halogens is 2. The van der Waals surface area contributed by atoms with Gasteiger partial charge in [0, 0.05) is 29.7 Å². The lowest BCUT2D eigenvalue weighted by molar-refractivity contribution is -0.120. The van der Waals surface area contributed by atoms with Crippen LogP contribution < -0.4 is 10.2 Å². The number of carbonyl (C=O) groups is 1. The summed E-state index contributed by atoms with van der Waals surface area (Å²) in [6.07, 6.45) is 0. The Morgan fingerprint density at radius 1 is 1.19 bits per heavy atom. The van der Waals surface area contributed by atoms with Crippen LogP contribution in [0.1, 0.15) is 39.3 Å². The summed E-state index contributed by atoms with van der Waals surface area (Å²) in [5.74, 6) is 1.18. The molecule has 1 aliphatic heterocycles. The van der Waals surface area contributed by atoms with Crippen LogP contribution in [0.3, 0.4) is 0 Å². The Labute approximate surface area is 197 Å². The minimum Gasteiger partial charge on any atom is -0.378 e. The second kappa shape index (κ2) is 10.9. The van der Waals surface area contributed by atoms with Crippen LogP contribution in [0.15, 0.2) is 23.4 Å². The second-order valence-corrected chi connectivity index (χ2v) is 10.2. The number of ether oxygens (including phenoxy) is 1. The second-order valence-electron chi connectivity index (χ2n) is 8.04. The van der Waals surface area contributed by atoms with Gasteiger partial charge in [-0.05, 0) is 37.5 Å². The summed E-state index contributed by atoms with van der Waals surface area (Å²) in [6, 6.07) is 5.05. The van der Waals surface area contributed by atoms with Crippen molar-refractivity contribution >= 4 is 46.8 Å². The van der Waals surface area contributed by atoms with Crippen LogP contribution in [-0.2, 0) is 16.1 Å². The molecule has 0 bridgehead atoms. The number of benzene rings is 1. The van der Waals surface area contributed by atoms with E-state index >= 15 is 0 Å². The number of rotatable bonds is 8. The molecule has 2 atom stereocenters. The average Bonchev–Trinajstić information content (AvgIpc) is 3.09. The van der Waals surface area contributed by atoms with E-state index in [1.165, 1.54) is 11.8 Å². The summed E-state index contributed by atoms with van der Waals surface area (Å²) in [5.41, 5.74) is 0.828. The van der Waals surface area contributed by atoms with Gasteiger partial charge in [0.05, 0.1) is 24.5 Å². The number of thioether (sulfide) groups is 1. The lowest BCUT2D eigenvalue weighted by Crippen LogP contribution is -2.38. The maximum absolute atomic E-state index is 12.9. The molecule has 1 aromatic heterocycles. The maximum Gasteiger partial charge on any atom is 0.233 e. The van der Waals surface area contributed by atoms with Gasteiger partial charge in [0.1, 0.15) is 0 Å². The van der Waals surface area contributed by atoms with E-state index < -0.39 is 0 Å². The molecule has 1 saturated heterocycles. The van der Waals surface area contributed by atoms with Crippen molar-refractivity contribution in [3.8, 4) is 0 Å². The fourth-order valence-electron chi connectivity index (χ4n) is 3.36. The van der Waals surface area contributed by atoms with Crippen LogP contribution in [0.25, 0.3) is 0 Å². The molecule has 3 rings (SSSR count). The van der Waals surface area contributed by atoms with Crippen molar-refractivity contribution in [1.82, 2.24) is 20.1 Å². The fraction of sp³-hybridized carbons (Fsp3) is 0.571. The molecule has 2 heterocycles. The fourth-order valence-corrected chi connectivity index (χ4v) is 4.80. The van der Waals surface area contributed by atoms with Gasteiger partial charge in [-0.3, -0.25) is 9.36 Å². The Balaban J connectivity index is 1.70. The third-order valence-corrected chi connectivity index (χ3v) is 6.62. The number of morpholine rings is 1. The van der Waals surface area contributed by atoms with E-state index in [9.17, 15) is 4.79 Å². The largest absolute Gasteiger partial charge is 0.378 e. The van der Waals surface area contributed by atoms with Crippen LogP contribution in [-0.4, -0.2) is 52.2 Å². The van der Waals surface area contributed by atoms with Crippen molar-refractivity contribution in [3.63, 3.8) is 0 Å². The van der Waals surface area contributed by atoms with E-state index in [1.807, 2.05) is 19.9 Å². The molecule has 1 aliphatic rings. The molecule has 7 nitrogen and oxygen atoms in total. The first-order valence-corrected chi connectivity index (χ1v) is 12.1. The van der Waals surface area contributed by atoms with Crippen LogP contribution in [0.5, 0.6) is 0 Å². The molecular weight excluding hydrogens is 457 g/mol. The SMILES string of the molecule is CC(C)Cn1c(SC(C)C(=O)NC(C)c2ccc(Cl)cc2Cl)nnc1N1CCOCC1. The minimum atomic E-state index is -0.346. The topological polar surface area (TPSA) is 72.3 Å². The summed E-state index contributed by atoms with van der Waals surface area (Å²) >= 11 is 13.7. The highest BCUT2D eigenvalue weighted by atomic mass is 35.5. The van der Waals surface area contributed by atoms with Gasteiger partial charge in [0.2, 0.25) is 11.9 Å². The molecule has 0 radical (unpaired) electrons. The third kappa shape index (κ3) is 6.28. The number of nitrogens with zero attached hydrogens (tertiary/aromatic N) is 4. The highest BCUT2D eigenvalue weighted by molar-refractivity contribution is 8.00. The van der Waals surface area contributed by atoms with E-state index in [1.54, 1.807) is 12.1 Å². The van der Waals surface area contributed by atoms with Gasteiger partial charge in [-0.25, -0.2) is 0 Å². The number of amides is 1. The van der Waals surface area contributed by atoms with Gasteiger partial charge >= 0.3 is 0 Å². The van der Waals surface area contributed by atoms with Crippen molar-refractivity contribution in [2.24, 2.45) is 5.92 Å². The van der Waals surface area contributed by atoms with Crippen molar-refractivity contribution in [1.29, 1.82) is 0 Å². The standard InChI is InChI=1S/C21H29Cl2N5O2S/c1-13(2)12-28-20(27-7-9-30-10-8-27)25-26-21(28)31-15(4)19(29)24-14(3)17-6-5-16(22)11-18(17)23/h5-6,11,13-15H,7-10,12H2,1-4H3,(H,24,29). The molecule has 31 heavy (non-hydrogen) atoms. The highest BCUT2D eigenvalue weighted by Gasteiger charge is 2.25. The number of anilines is 1. The van der Waals surface area contributed by atoms with Crippen molar-refractivity contribution in [2.45, 2.75) is 50.7 Å². The molecule has 2 aromatic rings. The van der Waals surface area contributed by atoms with Crippen molar-refractivity contribution in [2.75, 3.05) is 31.2 Å². The van der Waals surface area contributed by atoms with Gasteiger partial charge in [-0.1, -0.05) is 54.9 Å². The Morgan fingerprint density at radius 3 is 2.55 bits per heavy atom. The predicted molar refractivity (Wildman–Crippen MR) is 126 cm³/mol.